The molecule has 3 atom stereocenters. The monoisotopic (exact) mass is 254 g/mol. The van der Waals surface area contributed by atoms with E-state index in [1.807, 2.05) is 19.9 Å². The molecule has 0 bridgehead atoms. The summed E-state index contributed by atoms with van der Waals surface area (Å²) >= 11 is 0. The van der Waals surface area contributed by atoms with Gasteiger partial charge in [-0.1, -0.05) is 19.1 Å². The first-order valence-electron chi connectivity index (χ1n) is 5.91. The average Bonchev–Trinajstić information content (AvgIpc) is 2.60. The third kappa shape index (κ3) is 2.24. The summed E-state index contributed by atoms with van der Waals surface area (Å²) in [6.45, 7) is 3.70. The fourth-order valence-corrected chi connectivity index (χ4v) is 4.67. The molecule has 2 rings (SSSR count). The fraction of sp³-hybridized carbons (Fsp3) is 0.538. The molecule has 0 radical (unpaired) electrons. The van der Waals surface area contributed by atoms with Crippen LogP contribution in [0, 0.1) is 12.8 Å². The van der Waals surface area contributed by atoms with Crippen LogP contribution in [-0.4, -0.2) is 24.9 Å². The minimum Gasteiger partial charge on any atom is -0.393 e. The van der Waals surface area contributed by atoms with Gasteiger partial charge in [-0.05, 0) is 43.4 Å². The summed E-state index contributed by atoms with van der Waals surface area (Å²) in [7, 11) is -3.30. The summed E-state index contributed by atoms with van der Waals surface area (Å²) in [5, 5.41) is 9.22. The van der Waals surface area contributed by atoms with Crippen molar-refractivity contribution in [3.05, 3.63) is 29.8 Å². The van der Waals surface area contributed by atoms with Gasteiger partial charge in [-0.2, -0.15) is 0 Å². The molecular weight excluding hydrogens is 236 g/mol. The molecule has 1 fully saturated rings. The van der Waals surface area contributed by atoms with Crippen molar-refractivity contribution in [2.75, 3.05) is 0 Å². The van der Waals surface area contributed by atoms with Crippen molar-refractivity contribution >= 4 is 9.84 Å². The zero-order valence-corrected chi connectivity index (χ0v) is 10.9. The highest BCUT2D eigenvalue weighted by Crippen LogP contribution is 2.34. The molecule has 4 heteroatoms. The van der Waals surface area contributed by atoms with E-state index >= 15 is 0 Å². The van der Waals surface area contributed by atoms with Gasteiger partial charge in [0.25, 0.3) is 0 Å². The molecule has 1 N–H and O–H groups in total. The van der Waals surface area contributed by atoms with Crippen LogP contribution in [0.1, 0.15) is 25.3 Å². The van der Waals surface area contributed by atoms with E-state index < -0.39 is 21.2 Å². The number of aliphatic hydroxyl groups excluding tert-OH is 1. The van der Waals surface area contributed by atoms with Gasteiger partial charge in [0.2, 0.25) is 0 Å². The van der Waals surface area contributed by atoms with E-state index in [1.165, 1.54) is 0 Å². The normalized spacial score (nSPS) is 29.5. The second-order valence-electron chi connectivity index (χ2n) is 4.90. The Labute approximate surface area is 102 Å². The van der Waals surface area contributed by atoms with Crippen molar-refractivity contribution in [2.24, 2.45) is 5.92 Å². The Kier molecular flexibility index (Phi) is 3.27. The summed E-state index contributed by atoms with van der Waals surface area (Å²) in [5.74, 6) is -0.180. The molecule has 0 saturated heterocycles. The molecule has 0 spiro atoms. The molecule has 1 aliphatic carbocycles. The maximum Gasteiger partial charge on any atom is 0.181 e. The highest BCUT2D eigenvalue weighted by Gasteiger charge is 2.40. The molecule has 1 aromatic rings. The first-order chi connectivity index (χ1) is 7.93. The summed E-state index contributed by atoms with van der Waals surface area (Å²) < 4.78 is 24.9. The minimum atomic E-state index is -3.30. The largest absolute Gasteiger partial charge is 0.393 e. The Morgan fingerprint density at radius 3 is 2.53 bits per heavy atom. The van der Waals surface area contributed by atoms with Crippen molar-refractivity contribution in [2.45, 2.75) is 42.9 Å². The SMILES string of the molecule is Cc1cccc(S(=O)(=O)C2CCC(O)C2C)c1. The van der Waals surface area contributed by atoms with E-state index in [9.17, 15) is 13.5 Å². The van der Waals surface area contributed by atoms with E-state index in [0.717, 1.165) is 5.56 Å². The third-order valence-corrected chi connectivity index (χ3v) is 6.03. The molecule has 0 aliphatic heterocycles. The molecule has 17 heavy (non-hydrogen) atoms. The van der Waals surface area contributed by atoms with Crippen LogP contribution < -0.4 is 0 Å². The number of rotatable bonds is 2. The minimum absolute atomic E-state index is 0.180. The van der Waals surface area contributed by atoms with Crippen molar-refractivity contribution in [3.8, 4) is 0 Å². The Morgan fingerprint density at radius 1 is 1.29 bits per heavy atom. The first kappa shape index (κ1) is 12.6. The lowest BCUT2D eigenvalue weighted by Crippen LogP contribution is -2.27. The van der Waals surface area contributed by atoms with Gasteiger partial charge in [0, 0.05) is 0 Å². The van der Waals surface area contributed by atoms with Crippen molar-refractivity contribution in [1.82, 2.24) is 0 Å². The molecule has 0 amide bonds. The fourth-order valence-electron chi connectivity index (χ4n) is 2.51. The van der Waals surface area contributed by atoms with Gasteiger partial charge in [-0.3, -0.25) is 0 Å². The Balaban J connectivity index is 2.37. The van der Waals surface area contributed by atoms with Crippen LogP contribution in [0.5, 0.6) is 0 Å². The van der Waals surface area contributed by atoms with Gasteiger partial charge < -0.3 is 5.11 Å². The number of sulfone groups is 1. The predicted octanol–water partition coefficient (Wildman–Crippen LogP) is 1.93. The Hall–Kier alpha value is -0.870. The van der Waals surface area contributed by atoms with Crippen LogP contribution in [0.4, 0.5) is 0 Å². The van der Waals surface area contributed by atoms with Crippen LogP contribution >= 0.6 is 0 Å². The molecule has 3 unspecified atom stereocenters. The third-order valence-electron chi connectivity index (χ3n) is 3.66. The topological polar surface area (TPSA) is 54.4 Å². The van der Waals surface area contributed by atoms with Gasteiger partial charge in [-0.15, -0.1) is 0 Å². The highest BCUT2D eigenvalue weighted by atomic mass is 32.2. The quantitative estimate of drug-likeness (QED) is 0.877. The maximum absolute atomic E-state index is 12.4. The second-order valence-corrected chi connectivity index (χ2v) is 7.07. The molecule has 1 aromatic carbocycles. The molecule has 1 aliphatic rings. The molecule has 94 valence electrons. The molecule has 0 heterocycles. The van der Waals surface area contributed by atoms with Crippen LogP contribution in [0.3, 0.4) is 0 Å². The summed E-state index contributed by atoms with van der Waals surface area (Å²) in [6, 6.07) is 6.98. The predicted molar refractivity (Wildman–Crippen MR) is 66.6 cm³/mol. The van der Waals surface area contributed by atoms with Gasteiger partial charge in [0.05, 0.1) is 16.2 Å². The Morgan fingerprint density at radius 2 is 2.00 bits per heavy atom. The zero-order valence-electron chi connectivity index (χ0n) is 10.1. The number of aliphatic hydroxyl groups is 1. The summed E-state index contributed by atoms with van der Waals surface area (Å²) in [6.07, 6.45) is 0.648. The molecule has 0 aromatic heterocycles. The van der Waals surface area contributed by atoms with E-state index in [2.05, 4.69) is 0 Å². The summed E-state index contributed by atoms with van der Waals surface area (Å²) in [5.41, 5.74) is 0.942. The number of hydrogen-bond acceptors (Lipinski definition) is 3. The smallest absolute Gasteiger partial charge is 0.181 e. The van der Waals surface area contributed by atoms with E-state index in [4.69, 9.17) is 0 Å². The van der Waals surface area contributed by atoms with Crippen molar-refractivity contribution in [1.29, 1.82) is 0 Å². The van der Waals surface area contributed by atoms with Gasteiger partial charge in [0.15, 0.2) is 9.84 Å². The lowest BCUT2D eigenvalue weighted by Gasteiger charge is -2.18. The van der Waals surface area contributed by atoms with Crippen LogP contribution in [0.15, 0.2) is 29.2 Å². The van der Waals surface area contributed by atoms with Gasteiger partial charge >= 0.3 is 0 Å². The number of aryl methyl sites for hydroxylation is 1. The first-order valence-corrected chi connectivity index (χ1v) is 7.46. The van der Waals surface area contributed by atoms with Crippen LogP contribution in [0.25, 0.3) is 0 Å². The van der Waals surface area contributed by atoms with E-state index in [0.29, 0.717) is 17.7 Å². The lowest BCUT2D eigenvalue weighted by molar-refractivity contribution is 0.142. The standard InChI is InChI=1S/C13H18O3S/c1-9-4-3-5-11(8-9)17(15,16)13-7-6-12(14)10(13)2/h3-5,8,10,12-14H,6-7H2,1-2H3. The molecule has 3 nitrogen and oxygen atoms in total. The number of benzene rings is 1. The van der Waals surface area contributed by atoms with E-state index in [-0.39, 0.29) is 5.92 Å². The maximum atomic E-state index is 12.4. The lowest BCUT2D eigenvalue weighted by atomic mass is 10.1. The average molecular weight is 254 g/mol. The molecule has 1 saturated carbocycles. The van der Waals surface area contributed by atoms with Crippen molar-refractivity contribution in [3.63, 3.8) is 0 Å². The van der Waals surface area contributed by atoms with Crippen LogP contribution in [0.2, 0.25) is 0 Å². The zero-order chi connectivity index (χ0) is 12.6. The van der Waals surface area contributed by atoms with Crippen molar-refractivity contribution < 1.29 is 13.5 Å². The highest BCUT2D eigenvalue weighted by molar-refractivity contribution is 7.92. The Bertz CT molecular complexity index is 507. The summed E-state index contributed by atoms with van der Waals surface area (Å²) in [4.78, 5) is 0.378. The number of hydrogen-bond donors (Lipinski definition) is 1. The van der Waals surface area contributed by atoms with Gasteiger partial charge in [-0.25, -0.2) is 8.42 Å². The molecular formula is C13H18O3S. The second kappa shape index (κ2) is 4.42. The van der Waals surface area contributed by atoms with E-state index in [1.54, 1.807) is 18.2 Å². The van der Waals surface area contributed by atoms with Crippen LogP contribution in [-0.2, 0) is 9.84 Å². The van der Waals surface area contributed by atoms with Gasteiger partial charge in [0.1, 0.15) is 0 Å².